The maximum absolute atomic E-state index is 11.9. The van der Waals surface area contributed by atoms with Crippen molar-refractivity contribution in [3.05, 3.63) is 29.6 Å². The third-order valence-electron chi connectivity index (χ3n) is 2.79. The van der Waals surface area contributed by atoms with Crippen LogP contribution in [0.3, 0.4) is 0 Å². The van der Waals surface area contributed by atoms with Gasteiger partial charge < -0.3 is 15.3 Å². The fourth-order valence-corrected chi connectivity index (χ4v) is 2.96. The number of carboxylic acid groups (broad SMARTS) is 1. The van der Waals surface area contributed by atoms with E-state index in [-0.39, 0.29) is 6.03 Å². The molecule has 2 heterocycles. The minimum absolute atomic E-state index is 0.300. The standard InChI is InChI=1S/C12H15N3O3S/c1-8-3-2-4-9(14-8)5-13-12(18)15-7-19-6-10(15)11(16)17/h2-4,10H,5-7H2,1H3,(H,13,18)(H,16,17). The summed E-state index contributed by atoms with van der Waals surface area (Å²) in [6.07, 6.45) is 0. The first-order valence-electron chi connectivity index (χ1n) is 5.85. The number of carbonyl (C=O) groups excluding carboxylic acids is 1. The lowest BCUT2D eigenvalue weighted by Gasteiger charge is -2.20. The van der Waals surface area contributed by atoms with E-state index in [1.54, 1.807) is 0 Å². The molecule has 1 aromatic heterocycles. The number of hydrogen-bond donors (Lipinski definition) is 2. The second-order valence-electron chi connectivity index (χ2n) is 4.25. The van der Waals surface area contributed by atoms with Crippen molar-refractivity contribution >= 4 is 23.8 Å². The van der Waals surface area contributed by atoms with Crippen LogP contribution in [0, 0.1) is 6.92 Å². The van der Waals surface area contributed by atoms with Gasteiger partial charge in [-0.1, -0.05) is 6.07 Å². The van der Waals surface area contributed by atoms with Crippen molar-refractivity contribution in [1.29, 1.82) is 0 Å². The highest BCUT2D eigenvalue weighted by molar-refractivity contribution is 7.99. The Morgan fingerprint density at radius 2 is 2.37 bits per heavy atom. The summed E-state index contributed by atoms with van der Waals surface area (Å²) in [5.74, 6) is -0.121. The first kappa shape index (κ1) is 13.7. The summed E-state index contributed by atoms with van der Waals surface area (Å²) >= 11 is 1.44. The number of carboxylic acids is 1. The van der Waals surface area contributed by atoms with Gasteiger partial charge in [-0.05, 0) is 19.1 Å². The Hall–Kier alpha value is -1.76. The largest absolute Gasteiger partial charge is 0.480 e. The molecule has 19 heavy (non-hydrogen) atoms. The Kier molecular flexibility index (Phi) is 4.26. The van der Waals surface area contributed by atoms with E-state index in [4.69, 9.17) is 5.11 Å². The Morgan fingerprint density at radius 3 is 3.05 bits per heavy atom. The van der Waals surface area contributed by atoms with Crippen molar-refractivity contribution in [2.75, 3.05) is 11.6 Å². The van der Waals surface area contributed by atoms with Crippen LogP contribution in [0.2, 0.25) is 0 Å². The van der Waals surface area contributed by atoms with Crippen LogP contribution in [0.1, 0.15) is 11.4 Å². The third kappa shape index (κ3) is 3.37. The molecule has 2 N–H and O–H groups in total. The zero-order valence-corrected chi connectivity index (χ0v) is 11.3. The van der Waals surface area contributed by atoms with E-state index in [0.717, 1.165) is 11.4 Å². The molecule has 2 rings (SSSR count). The number of aliphatic carboxylic acids is 1. The summed E-state index contributed by atoms with van der Waals surface area (Å²) in [5.41, 5.74) is 1.64. The molecule has 0 aliphatic carbocycles. The van der Waals surface area contributed by atoms with Crippen LogP contribution >= 0.6 is 11.8 Å². The van der Waals surface area contributed by atoms with Crippen molar-refractivity contribution in [2.45, 2.75) is 19.5 Å². The Balaban J connectivity index is 1.92. The van der Waals surface area contributed by atoms with Gasteiger partial charge in [0.05, 0.1) is 18.1 Å². The summed E-state index contributed by atoms with van der Waals surface area (Å²) in [6, 6.07) is 4.47. The second-order valence-corrected chi connectivity index (χ2v) is 5.25. The highest BCUT2D eigenvalue weighted by atomic mass is 32.2. The van der Waals surface area contributed by atoms with E-state index in [1.165, 1.54) is 16.7 Å². The number of thioether (sulfide) groups is 1. The molecule has 1 aromatic rings. The predicted molar refractivity (Wildman–Crippen MR) is 71.8 cm³/mol. The van der Waals surface area contributed by atoms with Gasteiger partial charge in [0.1, 0.15) is 6.04 Å². The normalized spacial score (nSPS) is 18.4. The molecule has 0 spiro atoms. The number of carbonyl (C=O) groups is 2. The third-order valence-corrected chi connectivity index (χ3v) is 3.81. The van der Waals surface area contributed by atoms with Crippen molar-refractivity contribution in [1.82, 2.24) is 15.2 Å². The van der Waals surface area contributed by atoms with E-state index in [1.807, 2.05) is 25.1 Å². The number of amides is 2. The maximum Gasteiger partial charge on any atom is 0.327 e. The molecule has 2 amide bonds. The first-order chi connectivity index (χ1) is 9.08. The van der Waals surface area contributed by atoms with Crippen molar-refractivity contribution in [2.24, 2.45) is 0 Å². The van der Waals surface area contributed by atoms with Crippen molar-refractivity contribution in [3.63, 3.8) is 0 Å². The van der Waals surface area contributed by atoms with Crippen molar-refractivity contribution in [3.8, 4) is 0 Å². The first-order valence-corrected chi connectivity index (χ1v) is 7.01. The molecule has 0 radical (unpaired) electrons. The molecule has 6 nitrogen and oxygen atoms in total. The Bertz CT molecular complexity index is 495. The molecule has 1 aliphatic rings. The zero-order chi connectivity index (χ0) is 13.8. The van der Waals surface area contributed by atoms with Gasteiger partial charge in [-0.15, -0.1) is 11.8 Å². The lowest BCUT2D eigenvalue weighted by molar-refractivity contribution is -0.140. The molecule has 0 saturated carbocycles. The van der Waals surface area contributed by atoms with Crippen LogP contribution in [0.15, 0.2) is 18.2 Å². The molecule has 1 unspecified atom stereocenters. The van der Waals surface area contributed by atoms with Crippen LogP contribution < -0.4 is 5.32 Å². The molecular formula is C12H15N3O3S. The van der Waals surface area contributed by atoms with Crippen LogP contribution in [0.25, 0.3) is 0 Å². The van der Waals surface area contributed by atoms with Crippen LogP contribution in [0.5, 0.6) is 0 Å². The monoisotopic (exact) mass is 281 g/mol. The number of nitrogens with one attached hydrogen (secondary N) is 1. The summed E-state index contributed by atoms with van der Waals surface area (Å²) in [4.78, 5) is 28.5. The highest BCUT2D eigenvalue weighted by Gasteiger charge is 2.34. The Morgan fingerprint density at radius 1 is 1.58 bits per heavy atom. The van der Waals surface area contributed by atoms with Gasteiger partial charge in [0.2, 0.25) is 0 Å². The summed E-state index contributed by atoms with van der Waals surface area (Å²) < 4.78 is 0. The minimum Gasteiger partial charge on any atom is -0.480 e. The summed E-state index contributed by atoms with van der Waals surface area (Å²) in [7, 11) is 0. The fourth-order valence-electron chi connectivity index (χ4n) is 1.81. The predicted octanol–water partition coefficient (Wildman–Crippen LogP) is 1.06. The van der Waals surface area contributed by atoms with E-state index in [9.17, 15) is 9.59 Å². The zero-order valence-electron chi connectivity index (χ0n) is 10.5. The van der Waals surface area contributed by atoms with E-state index in [2.05, 4.69) is 10.3 Å². The van der Waals surface area contributed by atoms with Gasteiger partial charge in [-0.3, -0.25) is 4.98 Å². The lowest BCUT2D eigenvalue weighted by atomic mass is 10.3. The molecule has 102 valence electrons. The number of aromatic nitrogens is 1. The van der Waals surface area contributed by atoms with Crippen LogP contribution in [-0.4, -0.2) is 44.7 Å². The number of aryl methyl sites for hydroxylation is 1. The molecule has 1 aliphatic heterocycles. The average molecular weight is 281 g/mol. The van der Waals surface area contributed by atoms with E-state index >= 15 is 0 Å². The molecule has 1 saturated heterocycles. The lowest BCUT2D eigenvalue weighted by Crippen LogP contribution is -2.46. The number of nitrogens with zero attached hydrogens (tertiary/aromatic N) is 2. The molecule has 7 heteroatoms. The van der Waals surface area contributed by atoms with Gasteiger partial charge in [-0.25, -0.2) is 9.59 Å². The Labute approximate surface area is 115 Å². The smallest absolute Gasteiger partial charge is 0.327 e. The van der Waals surface area contributed by atoms with E-state index in [0.29, 0.717) is 18.2 Å². The van der Waals surface area contributed by atoms with Gasteiger partial charge in [0.15, 0.2) is 0 Å². The minimum atomic E-state index is -0.964. The van der Waals surface area contributed by atoms with Crippen molar-refractivity contribution < 1.29 is 14.7 Å². The number of pyridine rings is 1. The fraction of sp³-hybridized carbons (Fsp3) is 0.417. The highest BCUT2D eigenvalue weighted by Crippen LogP contribution is 2.20. The average Bonchev–Trinajstić information content (AvgIpc) is 2.85. The quantitative estimate of drug-likeness (QED) is 0.865. The van der Waals surface area contributed by atoms with Gasteiger partial charge in [-0.2, -0.15) is 0 Å². The molecular weight excluding hydrogens is 266 g/mol. The van der Waals surface area contributed by atoms with Crippen LogP contribution in [0.4, 0.5) is 4.79 Å². The van der Waals surface area contributed by atoms with Gasteiger partial charge in [0, 0.05) is 11.4 Å². The van der Waals surface area contributed by atoms with Gasteiger partial charge in [0.25, 0.3) is 0 Å². The van der Waals surface area contributed by atoms with Gasteiger partial charge >= 0.3 is 12.0 Å². The number of rotatable bonds is 3. The number of urea groups is 1. The maximum atomic E-state index is 11.9. The SMILES string of the molecule is Cc1cccc(CNC(=O)N2CSCC2C(=O)O)n1. The summed E-state index contributed by atoms with van der Waals surface area (Å²) in [6.45, 7) is 2.18. The molecule has 1 atom stereocenters. The van der Waals surface area contributed by atoms with E-state index < -0.39 is 12.0 Å². The molecule has 1 fully saturated rings. The topological polar surface area (TPSA) is 82.5 Å². The second kappa shape index (κ2) is 5.92. The summed E-state index contributed by atoms with van der Waals surface area (Å²) in [5, 5.41) is 11.7. The molecule has 0 bridgehead atoms. The van der Waals surface area contributed by atoms with Crippen LogP contribution in [-0.2, 0) is 11.3 Å². The number of hydrogen-bond acceptors (Lipinski definition) is 4. The molecule has 0 aromatic carbocycles.